The molecule has 0 bridgehead atoms. The van der Waals surface area contributed by atoms with E-state index in [9.17, 15) is 52.7 Å². The maximum Gasteiger partial charge on any atom is 0.416 e. The Bertz CT molecular complexity index is 1990. The zero-order chi connectivity index (χ0) is 43.5. The van der Waals surface area contributed by atoms with Crippen LogP contribution in [0, 0.1) is 63.2 Å². The van der Waals surface area contributed by atoms with Gasteiger partial charge in [-0.1, -0.05) is 91.9 Å². The summed E-state index contributed by atoms with van der Waals surface area (Å²) in [6.07, 6.45) is -6.54. The fraction of sp³-hybridized carbons (Fsp3) is 0.130. The van der Waals surface area contributed by atoms with Crippen molar-refractivity contribution in [2.45, 2.75) is 37.3 Å². The van der Waals surface area contributed by atoms with Gasteiger partial charge in [0, 0.05) is 23.0 Å². The van der Waals surface area contributed by atoms with Gasteiger partial charge in [0.05, 0.1) is 22.3 Å². The van der Waals surface area contributed by atoms with Crippen molar-refractivity contribution in [3.63, 3.8) is 0 Å². The van der Waals surface area contributed by atoms with Crippen molar-refractivity contribution in [3.8, 4) is 0 Å². The molecule has 0 spiro atoms. The fourth-order valence-electron chi connectivity index (χ4n) is 6.73. The van der Waals surface area contributed by atoms with Crippen LogP contribution in [0.1, 0.15) is 34.7 Å². The van der Waals surface area contributed by atoms with E-state index >= 15 is 0 Å². The van der Waals surface area contributed by atoms with Gasteiger partial charge in [0.25, 0.3) is 0 Å². The van der Waals surface area contributed by atoms with Gasteiger partial charge in [0.2, 0.25) is 0 Å². The molecule has 5 aromatic carbocycles. The molecule has 2 aliphatic rings. The van der Waals surface area contributed by atoms with Crippen LogP contribution in [0.25, 0.3) is 0 Å². The van der Waals surface area contributed by atoms with Crippen molar-refractivity contribution in [1.82, 2.24) is 0 Å². The van der Waals surface area contributed by atoms with Crippen LogP contribution < -0.4 is 26.5 Å². The SMILES string of the molecule is CC([C]1[CH][CH][CH][C]1c1ccccc1P(c1ccccc1)c1ccccc1)P(c1cc(C(F)(F)F)cc(C(F)(F)F)c1)c1cc(C(F)(F)F)cc(C(F)(F)F)c1.[CH]1[CH][CH][CH][CH]1.[Fe]. The van der Waals surface area contributed by atoms with Gasteiger partial charge in [-0.2, -0.15) is 52.7 Å². The second kappa shape index (κ2) is 20.0. The topological polar surface area (TPSA) is 0 Å². The largest absolute Gasteiger partial charge is 0.416 e. The van der Waals surface area contributed by atoms with Gasteiger partial charge in [0.1, 0.15) is 0 Å². The molecule has 0 amide bonds. The van der Waals surface area contributed by atoms with Crippen molar-refractivity contribution >= 4 is 42.4 Å². The Kier molecular flexibility index (Phi) is 16.0. The Hall–Kier alpha value is -3.36. The van der Waals surface area contributed by atoms with E-state index in [1.54, 1.807) is 25.0 Å². The van der Waals surface area contributed by atoms with Crippen LogP contribution in [0.4, 0.5) is 52.7 Å². The third-order valence-electron chi connectivity index (χ3n) is 9.41. The summed E-state index contributed by atoms with van der Waals surface area (Å²) in [5, 5.41) is 1.32. The molecule has 0 saturated heterocycles. The van der Waals surface area contributed by atoms with Crippen molar-refractivity contribution in [1.29, 1.82) is 0 Å². The van der Waals surface area contributed by atoms with Crippen molar-refractivity contribution in [3.05, 3.63) is 212 Å². The molecule has 1 unspecified atom stereocenters. The summed E-state index contributed by atoms with van der Waals surface area (Å²) >= 11 is 0. The van der Waals surface area contributed by atoms with Gasteiger partial charge in [-0.25, -0.2) is 0 Å². The molecule has 61 heavy (non-hydrogen) atoms. The number of alkyl halides is 12. The van der Waals surface area contributed by atoms with Crippen molar-refractivity contribution in [2.24, 2.45) is 0 Å². The zero-order valence-electron chi connectivity index (χ0n) is 31.5. The summed E-state index contributed by atoms with van der Waals surface area (Å²) < 4.78 is 170. The van der Waals surface area contributed by atoms with Crippen LogP contribution in [0.15, 0.2) is 121 Å². The van der Waals surface area contributed by atoms with E-state index in [-0.39, 0.29) is 29.2 Å². The van der Waals surface area contributed by atoms with E-state index in [0.717, 1.165) is 15.9 Å². The van der Waals surface area contributed by atoms with Crippen LogP contribution >= 0.6 is 15.8 Å². The first-order valence-electron chi connectivity index (χ1n) is 18.0. The molecule has 0 heterocycles. The Morgan fingerprint density at radius 1 is 0.410 bits per heavy atom. The van der Waals surface area contributed by atoms with Gasteiger partial charge >= 0.3 is 24.7 Å². The Morgan fingerprint density at radius 2 is 0.770 bits per heavy atom. The molecule has 2 fully saturated rings. The quantitative estimate of drug-likeness (QED) is 0.0826. The van der Waals surface area contributed by atoms with Crippen LogP contribution in [-0.2, 0) is 41.8 Å². The molecule has 0 nitrogen and oxygen atoms in total. The molecule has 15 heteroatoms. The number of halogens is 12. The number of rotatable bonds is 8. The fourth-order valence-corrected chi connectivity index (χ4v) is 12.0. The molecule has 2 saturated carbocycles. The summed E-state index contributed by atoms with van der Waals surface area (Å²) in [6.45, 7) is 1.39. The summed E-state index contributed by atoms with van der Waals surface area (Å²) in [6, 6.07) is 27.4. The Labute approximate surface area is 360 Å². The van der Waals surface area contributed by atoms with Crippen LogP contribution in [0.2, 0.25) is 0 Å². The third-order valence-corrected chi connectivity index (χ3v) is 14.6. The van der Waals surface area contributed by atoms with Gasteiger partial charge < -0.3 is 0 Å². The van der Waals surface area contributed by atoms with E-state index in [0.29, 0.717) is 41.7 Å². The molecular formula is C46H32F12FeP2. The van der Waals surface area contributed by atoms with E-state index in [4.69, 9.17) is 0 Å². The molecule has 0 aromatic heterocycles. The monoisotopic (exact) mass is 930 g/mol. The minimum Gasteiger partial charge on any atom is -0.166 e. The average Bonchev–Trinajstić information content (AvgIpc) is 3.95. The van der Waals surface area contributed by atoms with Gasteiger partial charge in [0.15, 0.2) is 0 Å². The van der Waals surface area contributed by atoms with Crippen molar-refractivity contribution < 1.29 is 69.8 Å². The number of hydrogen-bond donors (Lipinski definition) is 0. The predicted molar refractivity (Wildman–Crippen MR) is 214 cm³/mol. The molecular weight excluding hydrogens is 898 g/mol. The Balaban J connectivity index is 0.00000109. The predicted octanol–water partition coefficient (Wildman–Crippen LogP) is 12.2. The van der Waals surface area contributed by atoms with Crippen LogP contribution in [0.3, 0.4) is 0 Å². The summed E-state index contributed by atoms with van der Waals surface area (Å²) in [7, 11) is -4.10. The normalized spacial score (nSPS) is 16.0. The van der Waals surface area contributed by atoms with Gasteiger partial charge in [-0.05, 0) is 147 Å². The second-order valence-electron chi connectivity index (χ2n) is 13.5. The average molecular weight is 931 g/mol. The first-order valence-corrected chi connectivity index (χ1v) is 20.8. The molecule has 318 valence electrons. The van der Waals surface area contributed by atoms with Crippen molar-refractivity contribution in [2.75, 3.05) is 0 Å². The zero-order valence-corrected chi connectivity index (χ0v) is 34.4. The van der Waals surface area contributed by atoms with Crippen LogP contribution in [0.5, 0.6) is 0 Å². The Morgan fingerprint density at radius 3 is 1.15 bits per heavy atom. The molecule has 5 aromatic rings. The van der Waals surface area contributed by atoms with E-state index in [2.05, 4.69) is 0 Å². The molecule has 1 atom stereocenters. The molecule has 10 radical (unpaired) electrons. The van der Waals surface area contributed by atoms with Gasteiger partial charge in [-0.3, -0.25) is 0 Å². The smallest absolute Gasteiger partial charge is 0.166 e. The number of benzene rings is 5. The molecule has 7 rings (SSSR count). The first kappa shape index (κ1) is 48.7. The first-order chi connectivity index (χ1) is 28.2. The summed E-state index contributed by atoms with van der Waals surface area (Å²) in [4.78, 5) is 0. The molecule has 0 aliphatic heterocycles. The minimum atomic E-state index is -5.33. The number of hydrogen-bond acceptors (Lipinski definition) is 0. The maximum atomic E-state index is 14.1. The standard InChI is InChI=1S/C41H27F12P2.C5H5.Fe/c1-25(34-16-10-17-35(34)36-15-8-9-18-37(36)55(30-11-4-2-5-12-30)31-13-6-3-7-14-31)54(32-21-26(38(42,43)44)19-27(22-32)39(45,46)47)33-23-28(40(48,49)50)20-29(24-33)41(51,52)53;1-2-4-5-3-1;/h2-25H,1H3;1-5H;. The molecule has 0 N–H and O–H groups in total. The summed E-state index contributed by atoms with van der Waals surface area (Å²) in [5.41, 5.74) is -7.56. The third kappa shape index (κ3) is 12.0. The molecule has 2 aliphatic carbocycles. The van der Waals surface area contributed by atoms with Gasteiger partial charge in [-0.15, -0.1) is 0 Å². The van der Waals surface area contributed by atoms with E-state index < -0.39 is 79.1 Å². The summed E-state index contributed by atoms with van der Waals surface area (Å²) in [5.74, 6) is 0.785. The maximum absolute atomic E-state index is 14.1. The second-order valence-corrected chi connectivity index (χ2v) is 18.2. The van der Waals surface area contributed by atoms with E-state index in [1.807, 2.05) is 105 Å². The van der Waals surface area contributed by atoms with Crippen LogP contribution in [-0.4, -0.2) is 5.66 Å². The minimum absolute atomic E-state index is 0. The van der Waals surface area contributed by atoms with E-state index in [1.165, 1.54) is 13.3 Å².